The number of aliphatic hydroxyl groups excluding tert-OH is 1. The van der Waals surface area contributed by atoms with E-state index in [1.807, 2.05) is 27.2 Å². The molecule has 0 aliphatic heterocycles. The van der Waals surface area contributed by atoms with Gasteiger partial charge in [0.05, 0.1) is 39.9 Å². The fraction of sp³-hybridized carbons (Fsp3) is 0.860. The van der Waals surface area contributed by atoms with E-state index >= 15 is 0 Å². The number of carbonyl (C=O) groups is 1. The van der Waals surface area contributed by atoms with E-state index in [9.17, 15) is 19.4 Å². The monoisotopic (exact) mass is 854 g/mol. The molecule has 8 nitrogen and oxygen atoms in total. The molecule has 0 rings (SSSR count). The number of nitrogens with zero attached hydrogens (tertiary/aromatic N) is 1. The van der Waals surface area contributed by atoms with Gasteiger partial charge in [-0.25, -0.2) is 4.57 Å². The SMILES string of the molecule is CCCC/C=C/CC/C=C/C(O)C(COP(=O)(O)OCC[N+](C)(C)C)NC(=O)CCCCCCCCCCCCCCCCCCC/C=C\CCCCCCCCCC. The van der Waals surface area contributed by atoms with Gasteiger partial charge in [-0.15, -0.1) is 0 Å². The van der Waals surface area contributed by atoms with Crippen molar-refractivity contribution >= 4 is 13.7 Å². The van der Waals surface area contributed by atoms with Crippen LogP contribution in [0.3, 0.4) is 0 Å². The number of unbranched alkanes of at least 4 members (excludes halogenated alkanes) is 28. The fourth-order valence-electron chi connectivity index (χ4n) is 7.10. The zero-order chi connectivity index (χ0) is 43.6. The molecule has 59 heavy (non-hydrogen) atoms. The average Bonchev–Trinajstić information content (AvgIpc) is 3.19. The minimum atomic E-state index is -4.34. The summed E-state index contributed by atoms with van der Waals surface area (Å²) in [6, 6.07) is -0.858. The Kier molecular flexibility index (Phi) is 41.1. The van der Waals surface area contributed by atoms with E-state index in [0.29, 0.717) is 17.4 Å². The van der Waals surface area contributed by atoms with Crippen LogP contribution in [-0.2, 0) is 18.4 Å². The number of quaternary nitrogens is 1. The van der Waals surface area contributed by atoms with E-state index < -0.39 is 20.0 Å². The standard InChI is InChI=1S/C50H97N2O6P/c1-6-8-10-12-14-16-17-18-19-20-21-22-23-24-25-26-27-28-29-30-31-32-33-34-35-36-38-40-42-44-50(54)51-48(47-58-59(55,56)57-46-45-52(3,4)5)49(53)43-41-39-37-15-13-11-9-7-2/h13,15,20-21,41,43,48-49,53H,6-12,14,16-19,22-40,42,44-47H2,1-5H3,(H-,51,54,55,56)/p+1/b15-13+,21-20-,43-41+. The summed E-state index contributed by atoms with van der Waals surface area (Å²) in [7, 11) is 1.55. The molecule has 348 valence electrons. The van der Waals surface area contributed by atoms with Crippen LogP contribution in [0.15, 0.2) is 36.5 Å². The Bertz CT molecular complexity index is 1060. The van der Waals surface area contributed by atoms with E-state index in [-0.39, 0.29) is 19.1 Å². The number of carbonyl (C=O) groups excluding carboxylic acids is 1. The number of likely N-dealkylation sites (N-methyl/N-ethyl adjacent to an activating group) is 1. The van der Waals surface area contributed by atoms with Crippen molar-refractivity contribution in [2.45, 2.75) is 238 Å². The molecule has 0 spiro atoms. The highest BCUT2D eigenvalue weighted by molar-refractivity contribution is 7.47. The molecule has 0 saturated heterocycles. The van der Waals surface area contributed by atoms with Crippen LogP contribution in [0.25, 0.3) is 0 Å². The lowest BCUT2D eigenvalue weighted by molar-refractivity contribution is -0.870. The zero-order valence-electron chi connectivity index (χ0n) is 39.5. The van der Waals surface area contributed by atoms with Crippen molar-refractivity contribution in [1.82, 2.24) is 5.32 Å². The molecule has 0 aromatic carbocycles. The third-order valence-corrected chi connectivity index (χ3v) is 12.1. The molecule has 3 N–H and O–H groups in total. The molecule has 0 fully saturated rings. The summed E-state index contributed by atoms with van der Waals surface area (Å²) >= 11 is 0. The van der Waals surface area contributed by atoms with Crippen LogP contribution in [0.2, 0.25) is 0 Å². The first-order valence-electron chi connectivity index (χ1n) is 24.9. The van der Waals surface area contributed by atoms with Crippen molar-refractivity contribution in [3.63, 3.8) is 0 Å². The number of rotatable bonds is 45. The van der Waals surface area contributed by atoms with Gasteiger partial charge in [0.25, 0.3) is 0 Å². The lowest BCUT2D eigenvalue weighted by atomic mass is 10.0. The first-order valence-corrected chi connectivity index (χ1v) is 26.4. The Morgan fingerprint density at radius 1 is 0.559 bits per heavy atom. The van der Waals surface area contributed by atoms with Crippen LogP contribution in [0.1, 0.15) is 226 Å². The molecule has 0 saturated carbocycles. The summed E-state index contributed by atoms with van der Waals surface area (Å²) in [4.78, 5) is 23.1. The maximum atomic E-state index is 12.8. The number of hydrogen-bond acceptors (Lipinski definition) is 5. The normalized spacial score (nSPS) is 14.5. The number of phosphoric ester groups is 1. The predicted molar refractivity (Wildman–Crippen MR) is 254 cm³/mol. The summed E-state index contributed by atoms with van der Waals surface area (Å²) in [6.45, 7) is 4.72. The maximum absolute atomic E-state index is 12.8. The highest BCUT2D eigenvalue weighted by Crippen LogP contribution is 2.43. The molecule has 0 bridgehead atoms. The van der Waals surface area contributed by atoms with Gasteiger partial charge in [0.15, 0.2) is 0 Å². The molecule has 9 heteroatoms. The fourth-order valence-corrected chi connectivity index (χ4v) is 7.83. The Hall–Kier alpha value is -1.28. The van der Waals surface area contributed by atoms with Gasteiger partial charge in [-0.05, 0) is 51.4 Å². The van der Waals surface area contributed by atoms with Gasteiger partial charge in [-0.1, -0.05) is 204 Å². The van der Waals surface area contributed by atoms with Crippen molar-refractivity contribution in [3.05, 3.63) is 36.5 Å². The highest BCUT2D eigenvalue weighted by atomic mass is 31.2. The Balaban J connectivity index is 3.98. The molecular formula is C50H98N2O6P+. The number of allylic oxidation sites excluding steroid dienone is 5. The number of hydrogen-bond donors (Lipinski definition) is 3. The van der Waals surface area contributed by atoms with Crippen molar-refractivity contribution < 1.29 is 32.9 Å². The van der Waals surface area contributed by atoms with Crippen molar-refractivity contribution in [2.24, 2.45) is 0 Å². The van der Waals surface area contributed by atoms with Gasteiger partial charge in [-0.3, -0.25) is 13.8 Å². The summed E-state index contributed by atoms with van der Waals surface area (Å²) < 4.78 is 23.5. The Morgan fingerprint density at radius 3 is 1.41 bits per heavy atom. The van der Waals surface area contributed by atoms with E-state index in [0.717, 1.165) is 38.5 Å². The molecule has 3 unspecified atom stereocenters. The summed E-state index contributed by atoms with van der Waals surface area (Å²) in [5.74, 6) is -0.189. The minimum Gasteiger partial charge on any atom is -0.387 e. The van der Waals surface area contributed by atoms with E-state index in [1.54, 1.807) is 6.08 Å². The predicted octanol–water partition coefficient (Wildman–Crippen LogP) is 14.3. The van der Waals surface area contributed by atoms with Gasteiger partial charge in [-0.2, -0.15) is 0 Å². The number of nitrogens with one attached hydrogen (secondary N) is 1. The summed E-state index contributed by atoms with van der Waals surface area (Å²) in [5.41, 5.74) is 0. The highest BCUT2D eigenvalue weighted by Gasteiger charge is 2.27. The topological polar surface area (TPSA) is 105 Å². The Morgan fingerprint density at radius 2 is 0.949 bits per heavy atom. The molecule has 0 aliphatic carbocycles. The van der Waals surface area contributed by atoms with Crippen LogP contribution in [0, 0.1) is 0 Å². The summed E-state index contributed by atoms with van der Waals surface area (Å²) in [6.07, 6.45) is 52.7. The van der Waals surface area contributed by atoms with E-state index in [4.69, 9.17) is 9.05 Å². The molecule has 0 aliphatic rings. The number of aliphatic hydroxyl groups is 1. The van der Waals surface area contributed by atoms with Gasteiger partial charge in [0, 0.05) is 6.42 Å². The number of amides is 1. The van der Waals surface area contributed by atoms with Crippen molar-refractivity contribution in [2.75, 3.05) is 40.9 Å². The maximum Gasteiger partial charge on any atom is 0.472 e. The quantitative estimate of drug-likeness (QED) is 0.0244. The molecular weight excluding hydrogens is 756 g/mol. The molecule has 3 atom stereocenters. The second-order valence-corrected chi connectivity index (χ2v) is 19.6. The average molecular weight is 854 g/mol. The van der Waals surface area contributed by atoms with Gasteiger partial charge < -0.3 is 19.8 Å². The second-order valence-electron chi connectivity index (χ2n) is 18.2. The van der Waals surface area contributed by atoms with Gasteiger partial charge in [0.1, 0.15) is 13.2 Å². The van der Waals surface area contributed by atoms with Crippen molar-refractivity contribution in [3.8, 4) is 0 Å². The van der Waals surface area contributed by atoms with Crippen LogP contribution in [0.5, 0.6) is 0 Å². The second kappa shape index (κ2) is 42.0. The molecule has 0 radical (unpaired) electrons. The largest absolute Gasteiger partial charge is 0.472 e. The molecule has 0 heterocycles. The Labute approximate surface area is 366 Å². The molecule has 0 aromatic rings. The third-order valence-electron chi connectivity index (χ3n) is 11.1. The van der Waals surface area contributed by atoms with Crippen LogP contribution >= 0.6 is 7.82 Å². The summed E-state index contributed by atoms with van der Waals surface area (Å²) in [5, 5.41) is 13.7. The smallest absolute Gasteiger partial charge is 0.387 e. The number of phosphoric acid groups is 1. The van der Waals surface area contributed by atoms with Crippen LogP contribution in [-0.4, -0.2) is 73.4 Å². The first-order chi connectivity index (χ1) is 28.5. The van der Waals surface area contributed by atoms with Gasteiger partial charge in [0.2, 0.25) is 5.91 Å². The van der Waals surface area contributed by atoms with Gasteiger partial charge >= 0.3 is 7.82 Å². The van der Waals surface area contributed by atoms with Crippen LogP contribution < -0.4 is 5.32 Å². The third kappa shape index (κ3) is 44.6. The van der Waals surface area contributed by atoms with Crippen LogP contribution in [0.4, 0.5) is 0 Å². The first kappa shape index (κ1) is 57.7. The zero-order valence-corrected chi connectivity index (χ0v) is 40.4. The van der Waals surface area contributed by atoms with E-state index in [2.05, 4.69) is 43.5 Å². The lowest BCUT2D eigenvalue weighted by Crippen LogP contribution is -2.45. The lowest BCUT2D eigenvalue weighted by Gasteiger charge is -2.25. The molecule has 1 amide bonds. The minimum absolute atomic E-state index is 0.0565. The van der Waals surface area contributed by atoms with E-state index in [1.165, 1.54) is 167 Å². The van der Waals surface area contributed by atoms with Crippen molar-refractivity contribution in [1.29, 1.82) is 0 Å². The molecule has 0 aromatic heterocycles.